The van der Waals surface area contributed by atoms with Crippen LogP contribution in [0.5, 0.6) is 0 Å². The van der Waals surface area contributed by atoms with Crippen molar-refractivity contribution in [2.24, 2.45) is 0 Å². The molecule has 1 N–H and O–H groups in total. The highest BCUT2D eigenvalue weighted by Gasteiger charge is 2.20. The third-order valence-electron chi connectivity index (χ3n) is 2.98. The van der Waals surface area contributed by atoms with Gasteiger partial charge < -0.3 is 5.32 Å². The second-order valence-corrected chi connectivity index (χ2v) is 5.77. The van der Waals surface area contributed by atoms with Gasteiger partial charge in [-0.1, -0.05) is 34.5 Å². The average Bonchev–Trinajstić information content (AvgIpc) is 2.44. The Kier molecular flexibility index (Phi) is 5.52. The minimum Gasteiger partial charge on any atom is -0.306 e. The molecule has 0 amide bonds. The van der Waals surface area contributed by atoms with Gasteiger partial charge in [0.05, 0.1) is 11.1 Å². The molecular weight excluding hydrogens is 343 g/mol. The van der Waals surface area contributed by atoms with Crippen LogP contribution in [0.15, 0.2) is 41.1 Å². The van der Waals surface area contributed by atoms with Gasteiger partial charge >= 0.3 is 0 Å². The van der Waals surface area contributed by atoms with Crippen molar-refractivity contribution < 1.29 is 4.39 Å². The SMILES string of the molecule is CCCNC(c1cc(Br)ccc1F)c1ccncc1Cl. The van der Waals surface area contributed by atoms with Crippen LogP contribution in [0.4, 0.5) is 4.39 Å². The highest BCUT2D eigenvalue weighted by atomic mass is 79.9. The molecule has 0 radical (unpaired) electrons. The molecule has 5 heteroatoms. The van der Waals surface area contributed by atoms with Gasteiger partial charge in [-0.15, -0.1) is 0 Å². The lowest BCUT2D eigenvalue weighted by Crippen LogP contribution is -2.24. The van der Waals surface area contributed by atoms with Gasteiger partial charge in [-0.25, -0.2) is 4.39 Å². The van der Waals surface area contributed by atoms with E-state index in [-0.39, 0.29) is 11.9 Å². The first-order chi connectivity index (χ1) is 9.63. The second-order valence-electron chi connectivity index (χ2n) is 4.45. The number of aromatic nitrogens is 1. The summed E-state index contributed by atoms with van der Waals surface area (Å²) < 4.78 is 15.0. The largest absolute Gasteiger partial charge is 0.306 e. The van der Waals surface area contributed by atoms with Gasteiger partial charge in [-0.05, 0) is 42.8 Å². The van der Waals surface area contributed by atoms with E-state index in [9.17, 15) is 4.39 Å². The summed E-state index contributed by atoms with van der Waals surface area (Å²) in [6.07, 6.45) is 4.19. The van der Waals surface area contributed by atoms with Gasteiger partial charge in [0, 0.05) is 22.4 Å². The molecule has 2 nitrogen and oxygen atoms in total. The second kappa shape index (κ2) is 7.16. The Morgan fingerprint density at radius 3 is 2.85 bits per heavy atom. The van der Waals surface area contributed by atoms with Crippen molar-refractivity contribution in [2.75, 3.05) is 6.54 Å². The molecule has 0 aliphatic carbocycles. The predicted octanol–water partition coefficient (Wildman–Crippen LogP) is 4.73. The molecule has 0 aliphatic rings. The number of rotatable bonds is 5. The smallest absolute Gasteiger partial charge is 0.128 e. The topological polar surface area (TPSA) is 24.9 Å². The lowest BCUT2D eigenvalue weighted by atomic mass is 9.99. The van der Waals surface area contributed by atoms with E-state index in [1.807, 2.05) is 6.07 Å². The molecule has 0 saturated carbocycles. The number of hydrogen-bond acceptors (Lipinski definition) is 2. The Labute approximate surface area is 131 Å². The zero-order chi connectivity index (χ0) is 14.5. The summed E-state index contributed by atoms with van der Waals surface area (Å²) in [4.78, 5) is 3.98. The summed E-state index contributed by atoms with van der Waals surface area (Å²) in [5.74, 6) is -0.255. The van der Waals surface area contributed by atoms with Gasteiger partial charge in [0.2, 0.25) is 0 Å². The molecule has 1 aromatic carbocycles. The van der Waals surface area contributed by atoms with E-state index >= 15 is 0 Å². The molecule has 1 heterocycles. The van der Waals surface area contributed by atoms with Crippen molar-refractivity contribution in [3.05, 3.63) is 63.1 Å². The number of nitrogens with zero attached hydrogens (tertiary/aromatic N) is 1. The third-order valence-corrected chi connectivity index (χ3v) is 3.79. The number of pyridine rings is 1. The fraction of sp³-hybridized carbons (Fsp3) is 0.267. The van der Waals surface area contributed by atoms with Crippen molar-refractivity contribution in [3.63, 3.8) is 0 Å². The minimum atomic E-state index is -0.289. The highest BCUT2D eigenvalue weighted by Crippen LogP contribution is 2.30. The van der Waals surface area contributed by atoms with Crippen LogP contribution in [0.1, 0.15) is 30.5 Å². The molecule has 106 valence electrons. The quantitative estimate of drug-likeness (QED) is 0.837. The Morgan fingerprint density at radius 1 is 1.35 bits per heavy atom. The van der Waals surface area contributed by atoms with E-state index in [1.165, 1.54) is 6.07 Å². The highest BCUT2D eigenvalue weighted by molar-refractivity contribution is 9.10. The molecule has 0 saturated heterocycles. The van der Waals surface area contributed by atoms with Gasteiger partial charge in [0.25, 0.3) is 0 Å². The van der Waals surface area contributed by atoms with Gasteiger partial charge in [-0.2, -0.15) is 0 Å². The van der Waals surface area contributed by atoms with Gasteiger partial charge in [0.1, 0.15) is 5.82 Å². The summed E-state index contributed by atoms with van der Waals surface area (Å²) in [5.41, 5.74) is 1.40. The molecule has 2 aromatic rings. The lowest BCUT2D eigenvalue weighted by Gasteiger charge is -2.21. The summed E-state index contributed by atoms with van der Waals surface area (Å²) in [6, 6.07) is 6.44. The fourth-order valence-electron chi connectivity index (χ4n) is 2.03. The van der Waals surface area contributed by atoms with Crippen molar-refractivity contribution in [3.8, 4) is 0 Å². The number of nitrogens with one attached hydrogen (secondary N) is 1. The summed E-state index contributed by atoms with van der Waals surface area (Å²) in [7, 11) is 0. The van der Waals surface area contributed by atoms with E-state index in [1.54, 1.807) is 24.5 Å². The molecule has 1 aromatic heterocycles. The van der Waals surface area contributed by atoms with Crippen molar-refractivity contribution in [1.82, 2.24) is 10.3 Å². The molecular formula is C15H15BrClFN2. The van der Waals surface area contributed by atoms with Crippen molar-refractivity contribution >= 4 is 27.5 Å². The Bertz CT molecular complexity index is 592. The zero-order valence-corrected chi connectivity index (χ0v) is 13.4. The van der Waals surface area contributed by atoms with E-state index in [0.29, 0.717) is 10.6 Å². The molecule has 1 unspecified atom stereocenters. The maximum atomic E-state index is 14.1. The standard InChI is InChI=1S/C15H15BrClFN2/c1-2-6-20-15(11-5-7-19-9-13(11)17)12-8-10(16)3-4-14(12)18/h3-5,7-9,15,20H,2,6H2,1H3. The fourth-order valence-corrected chi connectivity index (χ4v) is 2.64. The first kappa shape index (κ1) is 15.4. The van der Waals surface area contributed by atoms with E-state index in [0.717, 1.165) is 23.0 Å². The predicted molar refractivity (Wildman–Crippen MR) is 83.5 cm³/mol. The number of benzene rings is 1. The van der Waals surface area contributed by atoms with Gasteiger partial charge in [-0.3, -0.25) is 4.98 Å². The van der Waals surface area contributed by atoms with Crippen LogP contribution in [-0.2, 0) is 0 Å². The zero-order valence-electron chi connectivity index (χ0n) is 11.0. The molecule has 0 aliphatic heterocycles. The molecule has 0 spiro atoms. The Balaban J connectivity index is 2.47. The van der Waals surface area contributed by atoms with Gasteiger partial charge in [0.15, 0.2) is 0 Å². The first-order valence-corrected chi connectivity index (χ1v) is 7.58. The summed E-state index contributed by atoms with van der Waals surface area (Å²) >= 11 is 9.59. The van der Waals surface area contributed by atoms with Crippen LogP contribution < -0.4 is 5.32 Å². The van der Waals surface area contributed by atoms with Crippen LogP contribution in [0.2, 0.25) is 5.02 Å². The van der Waals surface area contributed by atoms with Crippen molar-refractivity contribution in [1.29, 1.82) is 0 Å². The molecule has 2 rings (SSSR count). The molecule has 0 bridgehead atoms. The first-order valence-electron chi connectivity index (χ1n) is 6.41. The summed E-state index contributed by atoms with van der Waals surface area (Å²) in [5, 5.41) is 3.87. The summed E-state index contributed by atoms with van der Waals surface area (Å²) in [6.45, 7) is 2.84. The average molecular weight is 358 g/mol. The lowest BCUT2D eigenvalue weighted by molar-refractivity contribution is 0.546. The van der Waals surface area contributed by atoms with Crippen LogP contribution in [-0.4, -0.2) is 11.5 Å². The molecule has 0 fully saturated rings. The minimum absolute atomic E-state index is 0.255. The van der Waals surface area contributed by atoms with Crippen LogP contribution in [0.25, 0.3) is 0 Å². The van der Waals surface area contributed by atoms with E-state index in [4.69, 9.17) is 11.6 Å². The van der Waals surface area contributed by atoms with E-state index in [2.05, 4.69) is 33.2 Å². The molecule has 20 heavy (non-hydrogen) atoms. The Morgan fingerprint density at radius 2 is 2.15 bits per heavy atom. The van der Waals surface area contributed by atoms with Crippen LogP contribution >= 0.6 is 27.5 Å². The monoisotopic (exact) mass is 356 g/mol. The van der Waals surface area contributed by atoms with Crippen LogP contribution in [0, 0.1) is 5.82 Å². The van der Waals surface area contributed by atoms with E-state index < -0.39 is 0 Å². The third kappa shape index (κ3) is 3.57. The normalized spacial score (nSPS) is 12.4. The number of hydrogen-bond donors (Lipinski definition) is 1. The van der Waals surface area contributed by atoms with Crippen molar-refractivity contribution in [2.45, 2.75) is 19.4 Å². The Hall–Kier alpha value is -0.970. The maximum Gasteiger partial charge on any atom is 0.128 e. The molecule has 1 atom stereocenters. The maximum absolute atomic E-state index is 14.1. The number of halogens is 3. The van der Waals surface area contributed by atoms with Crippen LogP contribution in [0.3, 0.4) is 0 Å².